The first-order valence-corrected chi connectivity index (χ1v) is 5.90. The molecule has 0 bridgehead atoms. The summed E-state index contributed by atoms with van der Waals surface area (Å²) in [6.07, 6.45) is 2.24. The van der Waals surface area contributed by atoms with Gasteiger partial charge in [-0.15, -0.1) is 0 Å². The number of hydrogen-bond acceptors (Lipinski definition) is 3. The highest BCUT2D eigenvalue weighted by Crippen LogP contribution is 2.16. The molecule has 78 valence electrons. The number of pyridine rings is 1. The Labute approximate surface area is 90.4 Å². The summed E-state index contributed by atoms with van der Waals surface area (Å²) in [5, 5.41) is 1.05. The van der Waals surface area contributed by atoms with Gasteiger partial charge in [0.25, 0.3) is 0 Å². The van der Waals surface area contributed by atoms with Gasteiger partial charge in [-0.05, 0) is 18.1 Å². The Balaban J connectivity index is 2.38. The number of nitrogens with zero attached hydrogens (tertiary/aromatic N) is 1. The van der Waals surface area contributed by atoms with Crippen LogP contribution in [0.5, 0.6) is 0 Å². The second-order valence-electron chi connectivity index (χ2n) is 3.25. The van der Waals surface area contributed by atoms with Crippen LogP contribution < -0.4 is 0 Å². The van der Waals surface area contributed by atoms with Gasteiger partial charge in [-0.1, -0.05) is 35.3 Å². The molecule has 4 heteroatoms. The summed E-state index contributed by atoms with van der Waals surface area (Å²) >= 11 is -1.99. The first-order chi connectivity index (χ1) is 7.27. The first kappa shape index (κ1) is 10.3. The monoisotopic (exact) mass is 220 g/mol. The Hall–Kier alpha value is -1.26. The van der Waals surface area contributed by atoms with E-state index in [0.717, 1.165) is 16.5 Å². The third-order valence-electron chi connectivity index (χ3n) is 2.25. The molecule has 0 spiro atoms. The van der Waals surface area contributed by atoms with Gasteiger partial charge in [0.1, 0.15) is 0 Å². The van der Waals surface area contributed by atoms with E-state index >= 15 is 0 Å². The van der Waals surface area contributed by atoms with Crippen LogP contribution in [-0.4, -0.2) is 19.5 Å². The van der Waals surface area contributed by atoms with Gasteiger partial charge < -0.3 is 4.55 Å². The van der Waals surface area contributed by atoms with Gasteiger partial charge in [-0.25, -0.2) is 0 Å². The van der Waals surface area contributed by atoms with E-state index in [-0.39, 0.29) is 5.75 Å². The van der Waals surface area contributed by atoms with Gasteiger partial charge in [0.05, 0.1) is 5.52 Å². The van der Waals surface area contributed by atoms with Crippen LogP contribution in [0.2, 0.25) is 0 Å². The molecule has 0 aliphatic heterocycles. The second kappa shape index (κ2) is 4.51. The van der Waals surface area contributed by atoms with Crippen LogP contribution in [0.15, 0.2) is 36.5 Å². The molecular formula is C11H10NO2S-. The van der Waals surface area contributed by atoms with Crippen molar-refractivity contribution in [3.8, 4) is 0 Å². The fraction of sp³-hybridized carbons (Fsp3) is 0.182. The van der Waals surface area contributed by atoms with E-state index < -0.39 is 11.1 Å². The van der Waals surface area contributed by atoms with Crippen molar-refractivity contribution >= 4 is 22.0 Å². The number of benzene rings is 1. The normalized spacial score (nSPS) is 12.9. The molecule has 3 nitrogen and oxygen atoms in total. The molecule has 1 unspecified atom stereocenters. The van der Waals surface area contributed by atoms with Gasteiger partial charge in [0.15, 0.2) is 0 Å². The Kier molecular flexibility index (Phi) is 3.08. The van der Waals surface area contributed by atoms with E-state index in [4.69, 9.17) is 0 Å². The van der Waals surface area contributed by atoms with Crippen LogP contribution >= 0.6 is 0 Å². The first-order valence-electron chi connectivity index (χ1n) is 4.66. The smallest absolute Gasteiger partial charge is 0.0734 e. The molecule has 2 aromatic rings. The molecule has 1 aromatic carbocycles. The zero-order valence-electron chi connectivity index (χ0n) is 8.05. The lowest BCUT2D eigenvalue weighted by molar-refractivity contribution is 0.536. The molecule has 0 saturated heterocycles. The molecule has 0 N–H and O–H groups in total. The lowest BCUT2D eigenvalue weighted by atomic mass is 10.1. The summed E-state index contributed by atoms with van der Waals surface area (Å²) in [4.78, 5) is 4.26. The van der Waals surface area contributed by atoms with Crippen molar-refractivity contribution in [2.75, 3.05) is 5.75 Å². The number of para-hydroxylation sites is 1. The number of aryl methyl sites for hydroxylation is 1. The van der Waals surface area contributed by atoms with E-state index in [2.05, 4.69) is 4.98 Å². The van der Waals surface area contributed by atoms with Crippen LogP contribution in [0.4, 0.5) is 0 Å². The Bertz CT molecular complexity index is 493. The lowest BCUT2D eigenvalue weighted by Crippen LogP contribution is -2.00. The summed E-state index contributed by atoms with van der Waals surface area (Å²) < 4.78 is 21.0. The van der Waals surface area contributed by atoms with Gasteiger partial charge in [0.2, 0.25) is 0 Å². The molecule has 1 heterocycles. The number of fused-ring (bicyclic) bond motifs is 1. The van der Waals surface area contributed by atoms with Gasteiger partial charge in [0, 0.05) is 17.3 Å². The van der Waals surface area contributed by atoms with E-state index in [1.54, 1.807) is 6.20 Å². The number of hydrogen-bond donors (Lipinski definition) is 0. The van der Waals surface area contributed by atoms with Crippen molar-refractivity contribution in [1.29, 1.82) is 0 Å². The summed E-state index contributed by atoms with van der Waals surface area (Å²) in [6.45, 7) is 0. The minimum atomic E-state index is -1.99. The van der Waals surface area contributed by atoms with Crippen molar-refractivity contribution in [3.05, 3.63) is 42.1 Å². The topological polar surface area (TPSA) is 53.0 Å². The van der Waals surface area contributed by atoms with Crippen molar-refractivity contribution in [2.45, 2.75) is 6.42 Å². The molecule has 2 rings (SSSR count). The predicted octanol–water partition coefficient (Wildman–Crippen LogP) is 1.66. The van der Waals surface area contributed by atoms with Crippen LogP contribution in [0.1, 0.15) is 5.56 Å². The highest BCUT2D eigenvalue weighted by molar-refractivity contribution is 7.79. The maximum Gasteiger partial charge on any atom is 0.0734 e. The average molecular weight is 220 g/mol. The summed E-state index contributed by atoms with van der Waals surface area (Å²) in [5.41, 5.74) is 1.88. The molecule has 0 fully saturated rings. The molecule has 0 saturated carbocycles. The maximum absolute atomic E-state index is 10.5. The van der Waals surface area contributed by atoms with Crippen LogP contribution in [0, 0.1) is 0 Å². The molecule has 1 atom stereocenters. The summed E-state index contributed by atoms with van der Waals surface area (Å²) in [6, 6.07) is 9.66. The Morgan fingerprint density at radius 3 is 2.87 bits per heavy atom. The zero-order valence-corrected chi connectivity index (χ0v) is 8.87. The summed E-state index contributed by atoms with van der Waals surface area (Å²) in [7, 11) is 0. The predicted molar refractivity (Wildman–Crippen MR) is 59.2 cm³/mol. The van der Waals surface area contributed by atoms with Crippen LogP contribution in [0.25, 0.3) is 10.9 Å². The highest BCUT2D eigenvalue weighted by Gasteiger charge is 2.00. The lowest BCUT2D eigenvalue weighted by Gasteiger charge is -2.07. The van der Waals surface area contributed by atoms with Crippen molar-refractivity contribution < 1.29 is 8.76 Å². The van der Waals surface area contributed by atoms with Crippen molar-refractivity contribution in [2.24, 2.45) is 0 Å². The number of rotatable bonds is 3. The number of aromatic nitrogens is 1. The average Bonchev–Trinajstić information content (AvgIpc) is 2.26. The third kappa shape index (κ3) is 2.40. The van der Waals surface area contributed by atoms with Crippen LogP contribution in [0.3, 0.4) is 0 Å². The molecule has 0 aliphatic rings. The zero-order chi connectivity index (χ0) is 10.7. The molecule has 1 aromatic heterocycles. The van der Waals surface area contributed by atoms with Gasteiger partial charge in [-0.2, -0.15) is 0 Å². The SMILES string of the molecule is O=S([O-])CCc1cccc2cccnc12. The molecule has 0 aliphatic carbocycles. The molecular weight excluding hydrogens is 210 g/mol. The Morgan fingerprint density at radius 1 is 1.27 bits per heavy atom. The molecule has 0 amide bonds. The van der Waals surface area contributed by atoms with Gasteiger partial charge >= 0.3 is 0 Å². The van der Waals surface area contributed by atoms with E-state index in [9.17, 15) is 8.76 Å². The fourth-order valence-electron chi connectivity index (χ4n) is 1.56. The van der Waals surface area contributed by atoms with E-state index in [0.29, 0.717) is 6.42 Å². The van der Waals surface area contributed by atoms with Crippen molar-refractivity contribution in [3.63, 3.8) is 0 Å². The minimum absolute atomic E-state index is 0.148. The van der Waals surface area contributed by atoms with E-state index in [1.807, 2.05) is 30.3 Å². The molecule has 15 heavy (non-hydrogen) atoms. The maximum atomic E-state index is 10.5. The molecule has 0 radical (unpaired) electrons. The third-order valence-corrected chi connectivity index (χ3v) is 2.79. The van der Waals surface area contributed by atoms with E-state index in [1.165, 1.54) is 0 Å². The Morgan fingerprint density at radius 2 is 2.07 bits per heavy atom. The van der Waals surface area contributed by atoms with Gasteiger partial charge in [-0.3, -0.25) is 9.19 Å². The second-order valence-corrected chi connectivity index (χ2v) is 4.27. The summed E-state index contributed by atoms with van der Waals surface area (Å²) in [5.74, 6) is 0.148. The van der Waals surface area contributed by atoms with Crippen LogP contribution in [-0.2, 0) is 17.5 Å². The van der Waals surface area contributed by atoms with Crippen molar-refractivity contribution in [1.82, 2.24) is 4.98 Å². The highest BCUT2D eigenvalue weighted by atomic mass is 32.2. The quantitative estimate of drug-likeness (QED) is 0.739. The standard InChI is InChI=1S/C11H11NO2S/c13-15(14)8-6-10-4-1-3-9-5-2-7-12-11(9)10/h1-5,7H,6,8H2,(H,13,14)/p-1. The fourth-order valence-corrected chi connectivity index (χ4v) is 1.95. The largest absolute Gasteiger partial charge is 0.772 e. The minimum Gasteiger partial charge on any atom is -0.772 e.